The number of hydrogen-bond donors (Lipinski definition) is 1. The lowest BCUT2D eigenvalue weighted by atomic mass is 9.98. The minimum Gasteiger partial charge on any atom is -0.316 e. The van der Waals surface area contributed by atoms with Gasteiger partial charge in [0.25, 0.3) is 0 Å². The summed E-state index contributed by atoms with van der Waals surface area (Å²) in [5.74, 6) is -1.11. The number of hydrogen-bond acceptors (Lipinski definition) is 1. The first-order valence-electron chi connectivity index (χ1n) is 6.55. The molecule has 21 heavy (non-hydrogen) atoms. The Balaban J connectivity index is 2.15. The third-order valence-corrected chi connectivity index (χ3v) is 4.25. The SMILES string of the molecule is CNC(Cc1ccc(F)cc1F)Cc1cccc(Cl)c1Cl. The van der Waals surface area contributed by atoms with Crippen molar-refractivity contribution in [1.29, 1.82) is 0 Å². The second kappa shape index (κ2) is 7.21. The standard InChI is InChI=1S/C16H15Cl2F2N/c1-21-13(7-10-5-6-12(19)9-15(10)20)8-11-3-2-4-14(17)16(11)18/h2-6,9,13,21H,7-8H2,1H3. The summed E-state index contributed by atoms with van der Waals surface area (Å²) in [6, 6.07) is 9.04. The van der Waals surface area contributed by atoms with Gasteiger partial charge >= 0.3 is 0 Å². The Morgan fingerprint density at radius 3 is 2.43 bits per heavy atom. The summed E-state index contributed by atoms with van der Waals surface area (Å²) in [6.07, 6.45) is 1.04. The molecule has 0 saturated heterocycles. The molecule has 0 saturated carbocycles. The van der Waals surface area contributed by atoms with Gasteiger partial charge in [-0.25, -0.2) is 8.78 Å². The molecule has 0 radical (unpaired) electrons. The highest BCUT2D eigenvalue weighted by molar-refractivity contribution is 6.42. The molecule has 112 valence electrons. The zero-order valence-electron chi connectivity index (χ0n) is 11.5. The predicted octanol–water partition coefficient (Wildman–Crippen LogP) is 4.64. The smallest absolute Gasteiger partial charge is 0.129 e. The van der Waals surface area contributed by atoms with Crippen LogP contribution in [0.25, 0.3) is 0 Å². The van der Waals surface area contributed by atoms with Crippen LogP contribution in [-0.2, 0) is 12.8 Å². The van der Waals surface area contributed by atoms with E-state index in [0.717, 1.165) is 11.6 Å². The minimum absolute atomic E-state index is 0.0269. The maximum Gasteiger partial charge on any atom is 0.129 e. The summed E-state index contributed by atoms with van der Waals surface area (Å²) in [7, 11) is 1.80. The molecule has 0 bridgehead atoms. The molecule has 1 N–H and O–H groups in total. The van der Waals surface area contributed by atoms with E-state index in [-0.39, 0.29) is 6.04 Å². The van der Waals surface area contributed by atoms with Crippen molar-refractivity contribution < 1.29 is 8.78 Å². The highest BCUT2D eigenvalue weighted by Gasteiger charge is 2.14. The zero-order chi connectivity index (χ0) is 15.4. The van der Waals surface area contributed by atoms with Crippen LogP contribution in [0.4, 0.5) is 8.78 Å². The first-order valence-corrected chi connectivity index (χ1v) is 7.31. The Labute approximate surface area is 132 Å². The summed E-state index contributed by atoms with van der Waals surface area (Å²) in [5, 5.41) is 4.14. The van der Waals surface area contributed by atoms with E-state index < -0.39 is 11.6 Å². The van der Waals surface area contributed by atoms with Crippen LogP contribution in [0.2, 0.25) is 10.0 Å². The molecule has 0 spiro atoms. The van der Waals surface area contributed by atoms with Crippen molar-refractivity contribution in [3.63, 3.8) is 0 Å². The van der Waals surface area contributed by atoms with Crippen LogP contribution in [0.1, 0.15) is 11.1 Å². The fraction of sp³-hybridized carbons (Fsp3) is 0.250. The van der Waals surface area contributed by atoms with Gasteiger partial charge in [-0.2, -0.15) is 0 Å². The van der Waals surface area contributed by atoms with Crippen molar-refractivity contribution in [2.75, 3.05) is 7.05 Å². The monoisotopic (exact) mass is 329 g/mol. The summed E-state index contributed by atoms with van der Waals surface area (Å²) in [5.41, 5.74) is 1.36. The number of rotatable bonds is 5. The number of benzene rings is 2. The van der Waals surface area contributed by atoms with E-state index in [1.54, 1.807) is 13.1 Å². The molecule has 2 rings (SSSR count). The quantitative estimate of drug-likeness (QED) is 0.842. The van der Waals surface area contributed by atoms with E-state index in [1.165, 1.54) is 12.1 Å². The lowest BCUT2D eigenvalue weighted by Gasteiger charge is -2.18. The molecule has 2 aromatic rings. The van der Waals surface area contributed by atoms with Crippen LogP contribution in [0.5, 0.6) is 0 Å². The molecule has 0 amide bonds. The van der Waals surface area contributed by atoms with Gasteiger partial charge in [-0.1, -0.05) is 41.4 Å². The topological polar surface area (TPSA) is 12.0 Å². The lowest BCUT2D eigenvalue weighted by Crippen LogP contribution is -2.30. The van der Waals surface area contributed by atoms with Gasteiger partial charge in [-0.05, 0) is 43.1 Å². The van der Waals surface area contributed by atoms with Crippen molar-refractivity contribution >= 4 is 23.2 Å². The molecule has 2 aromatic carbocycles. The molecular formula is C16H15Cl2F2N. The van der Waals surface area contributed by atoms with E-state index in [1.807, 2.05) is 12.1 Å². The normalized spacial score (nSPS) is 12.4. The average molecular weight is 330 g/mol. The molecule has 0 fully saturated rings. The van der Waals surface area contributed by atoms with E-state index >= 15 is 0 Å². The molecule has 0 heterocycles. The molecule has 0 aliphatic heterocycles. The molecule has 1 atom stereocenters. The molecule has 5 heteroatoms. The highest BCUT2D eigenvalue weighted by atomic mass is 35.5. The van der Waals surface area contributed by atoms with Gasteiger partial charge in [-0.3, -0.25) is 0 Å². The largest absolute Gasteiger partial charge is 0.316 e. The maximum atomic E-state index is 13.7. The Kier molecular flexibility index (Phi) is 5.57. The Morgan fingerprint density at radius 2 is 1.76 bits per heavy atom. The van der Waals surface area contributed by atoms with Crippen molar-refractivity contribution in [2.24, 2.45) is 0 Å². The number of halogens is 4. The molecule has 0 aliphatic carbocycles. The Morgan fingerprint density at radius 1 is 1.05 bits per heavy atom. The van der Waals surface area contributed by atoms with Gasteiger partial charge in [0.2, 0.25) is 0 Å². The summed E-state index contributed by atoms with van der Waals surface area (Å²) < 4.78 is 26.6. The fourth-order valence-electron chi connectivity index (χ4n) is 2.20. The number of likely N-dealkylation sites (N-methyl/N-ethyl adjacent to an activating group) is 1. The van der Waals surface area contributed by atoms with Crippen LogP contribution in [0, 0.1) is 11.6 Å². The van der Waals surface area contributed by atoms with Gasteiger partial charge in [0.1, 0.15) is 11.6 Å². The van der Waals surface area contributed by atoms with Gasteiger partial charge in [0, 0.05) is 12.1 Å². The lowest BCUT2D eigenvalue weighted by molar-refractivity contribution is 0.524. The molecule has 1 unspecified atom stereocenters. The van der Waals surface area contributed by atoms with Gasteiger partial charge in [-0.15, -0.1) is 0 Å². The van der Waals surface area contributed by atoms with Gasteiger partial charge in [0.15, 0.2) is 0 Å². The summed E-state index contributed by atoms with van der Waals surface area (Å²) in [6.45, 7) is 0. The maximum absolute atomic E-state index is 13.7. The first kappa shape index (κ1) is 16.2. The molecule has 0 aliphatic rings. The van der Waals surface area contributed by atoms with Crippen molar-refractivity contribution in [3.05, 3.63) is 69.2 Å². The molecule has 1 nitrogen and oxygen atoms in total. The third-order valence-electron chi connectivity index (χ3n) is 3.39. The minimum atomic E-state index is -0.574. The Bertz CT molecular complexity index is 632. The highest BCUT2D eigenvalue weighted by Crippen LogP contribution is 2.27. The van der Waals surface area contributed by atoms with E-state index in [4.69, 9.17) is 23.2 Å². The van der Waals surface area contributed by atoms with Crippen molar-refractivity contribution in [1.82, 2.24) is 5.32 Å². The van der Waals surface area contributed by atoms with E-state index in [2.05, 4.69) is 5.32 Å². The van der Waals surface area contributed by atoms with Crippen LogP contribution in [-0.4, -0.2) is 13.1 Å². The van der Waals surface area contributed by atoms with Crippen molar-refractivity contribution in [2.45, 2.75) is 18.9 Å². The van der Waals surface area contributed by atoms with Gasteiger partial charge in [0.05, 0.1) is 10.0 Å². The van der Waals surface area contributed by atoms with Crippen LogP contribution >= 0.6 is 23.2 Å². The van der Waals surface area contributed by atoms with Gasteiger partial charge < -0.3 is 5.32 Å². The van der Waals surface area contributed by atoms with Crippen LogP contribution in [0.3, 0.4) is 0 Å². The van der Waals surface area contributed by atoms with Crippen LogP contribution < -0.4 is 5.32 Å². The van der Waals surface area contributed by atoms with E-state index in [0.29, 0.717) is 28.5 Å². The Hall–Kier alpha value is -1.16. The van der Waals surface area contributed by atoms with Crippen molar-refractivity contribution in [3.8, 4) is 0 Å². The predicted molar refractivity (Wildman–Crippen MR) is 83.1 cm³/mol. The van der Waals surface area contributed by atoms with E-state index in [9.17, 15) is 8.78 Å². The average Bonchev–Trinajstić information content (AvgIpc) is 2.45. The zero-order valence-corrected chi connectivity index (χ0v) is 13.0. The third kappa shape index (κ3) is 4.16. The second-order valence-corrected chi connectivity index (χ2v) is 5.63. The first-order chi connectivity index (χ1) is 10.0. The summed E-state index contributed by atoms with van der Waals surface area (Å²) >= 11 is 12.2. The number of nitrogens with one attached hydrogen (secondary N) is 1. The summed E-state index contributed by atoms with van der Waals surface area (Å²) in [4.78, 5) is 0. The van der Waals surface area contributed by atoms with Crippen LogP contribution in [0.15, 0.2) is 36.4 Å². The second-order valence-electron chi connectivity index (χ2n) is 4.84. The molecular weight excluding hydrogens is 315 g/mol. The molecule has 0 aromatic heterocycles. The fourth-order valence-corrected chi connectivity index (χ4v) is 2.60.